The summed E-state index contributed by atoms with van der Waals surface area (Å²) in [6, 6.07) is 3.43. The molecule has 2 N–H and O–H groups in total. The molecule has 0 fully saturated rings. The van der Waals surface area contributed by atoms with Gasteiger partial charge < -0.3 is 10.6 Å². The molecule has 2 aromatic rings. The van der Waals surface area contributed by atoms with Crippen LogP contribution >= 0.6 is 0 Å². The summed E-state index contributed by atoms with van der Waals surface area (Å²) in [6.45, 7) is 2.86. The molecule has 0 heterocycles. The first kappa shape index (κ1) is 25.3. The molecule has 1 unspecified atom stereocenters. The third-order valence-corrected chi connectivity index (χ3v) is 5.05. The predicted octanol–water partition coefficient (Wildman–Crippen LogP) is 4.67. The Morgan fingerprint density at radius 3 is 2.28 bits per heavy atom. The Morgan fingerprint density at radius 2 is 1.72 bits per heavy atom. The molecule has 0 radical (unpaired) electrons. The molecule has 0 bridgehead atoms. The number of amides is 1. The minimum absolute atomic E-state index is 0.159. The molecule has 2 atom stereocenters. The standard InChI is InChI=1S/C21H21F5N2O3S/c1-12-6-4-5-7-14(12)19(21(24,25)26)28-18-11-16(22)15(10-17(18)23)20(29)27-13(2)8-9-32(3,30)31/h4-11,13,19,28H,1-3H3,(H,27,29)/b9-8+/t13-,19?/m1/s1. The van der Waals surface area contributed by atoms with Crippen LogP contribution in [0, 0.1) is 18.6 Å². The van der Waals surface area contributed by atoms with Crippen LogP contribution in [0.25, 0.3) is 0 Å². The Labute approximate surface area is 182 Å². The molecule has 0 saturated heterocycles. The lowest BCUT2D eigenvalue weighted by atomic mass is 10.0. The SMILES string of the molecule is Cc1ccccc1C(Nc1cc(F)c(C(=O)N[C@H](C)/C=C/S(C)(=O)=O)cc1F)C(F)(F)F. The fraction of sp³-hybridized carbons (Fsp3) is 0.286. The van der Waals surface area contributed by atoms with Crippen molar-refractivity contribution in [2.45, 2.75) is 32.1 Å². The van der Waals surface area contributed by atoms with Crippen molar-refractivity contribution >= 4 is 21.4 Å². The molecule has 0 saturated carbocycles. The Bertz CT molecular complexity index is 1130. The van der Waals surface area contributed by atoms with Crippen molar-refractivity contribution in [3.8, 4) is 0 Å². The maximum absolute atomic E-state index is 14.5. The summed E-state index contributed by atoms with van der Waals surface area (Å²) in [5, 5.41) is 5.07. The fourth-order valence-corrected chi connectivity index (χ4v) is 3.35. The van der Waals surface area contributed by atoms with E-state index >= 15 is 0 Å². The van der Waals surface area contributed by atoms with Crippen LogP contribution in [0.15, 0.2) is 47.9 Å². The Hall–Kier alpha value is -2.95. The van der Waals surface area contributed by atoms with E-state index in [1.54, 1.807) is 6.07 Å². The molecule has 0 aliphatic rings. The summed E-state index contributed by atoms with van der Waals surface area (Å²) in [5.74, 6) is -3.58. The molecule has 0 aliphatic heterocycles. The van der Waals surface area contributed by atoms with Crippen LogP contribution in [0.5, 0.6) is 0 Å². The number of benzene rings is 2. The molecule has 0 spiro atoms. The van der Waals surface area contributed by atoms with Gasteiger partial charge in [0.1, 0.15) is 17.7 Å². The maximum Gasteiger partial charge on any atom is 0.412 e. The van der Waals surface area contributed by atoms with E-state index in [1.807, 2.05) is 5.32 Å². The highest BCUT2D eigenvalue weighted by molar-refractivity contribution is 7.93. The zero-order chi connectivity index (χ0) is 24.3. The zero-order valence-electron chi connectivity index (χ0n) is 17.3. The smallest absolute Gasteiger partial charge is 0.368 e. The van der Waals surface area contributed by atoms with Crippen LogP contribution < -0.4 is 10.6 Å². The van der Waals surface area contributed by atoms with Gasteiger partial charge in [-0.05, 0) is 31.0 Å². The largest absolute Gasteiger partial charge is 0.412 e. The number of nitrogens with one attached hydrogen (secondary N) is 2. The van der Waals surface area contributed by atoms with Gasteiger partial charge in [-0.25, -0.2) is 17.2 Å². The average Bonchev–Trinajstić information content (AvgIpc) is 2.66. The van der Waals surface area contributed by atoms with Crippen LogP contribution in [0.1, 0.15) is 34.5 Å². The quantitative estimate of drug-likeness (QED) is 0.570. The van der Waals surface area contributed by atoms with Crippen LogP contribution in [-0.2, 0) is 9.84 Å². The summed E-state index contributed by atoms with van der Waals surface area (Å²) >= 11 is 0. The van der Waals surface area contributed by atoms with Crippen LogP contribution in [0.2, 0.25) is 0 Å². The number of halogens is 5. The van der Waals surface area contributed by atoms with Gasteiger partial charge in [-0.1, -0.05) is 30.3 Å². The second-order valence-corrected chi connectivity index (χ2v) is 9.14. The number of rotatable bonds is 7. The number of sulfone groups is 1. The predicted molar refractivity (Wildman–Crippen MR) is 111 cm³/mol. The van der Waals surface area contributed by atoms with E-state index in [0.717, 1.165) is 17.7 Å². The van der Waals surface area contributed by atoms with Crippen molar-refractivity contribution < 1.29 is 35.2 Å². The van der Waals surface area contributed by atoms with Crippen molar-refractivity contribution in [1.29, 1.82) is 0 Å². The number of aryl methyl sites for hydroxylation is 1. The number of anilines is 1. The summed E-state index contributed by atoms with van der Waals surface area (Å²) in [7, 11) is -3.46. The van der Waals surface area contributed by atoms with Crippen LogP contribution in [-0.4, -0.2) is 32.8 Å². The molecule has 2 rings (SSSR count). The van der Waals surface area contributed by atoms with Gasteiger partial charge in [0.25, 0.3) is 5.91 Å². The van der Waals surface area contributed by atoms with E-state index < -0.39 is 56.9 Å². The number of carbonyl (C=O) groups is 1. The van der Waals surface area contributed by atoms with Gasteiger partial charge in [0, 0.05) is 23.8 Å². The molecule has 1 amide bonds. The van der Waals surface area contributed by atoms with E-state index in [0.29, 0.717) is 17.7 Å². The van der Waals surface area contributed by atoms with E-state index in [-0.39, 0.29) is 5.56 Å². The van der Waals surface area contributed by atoms with E-state index in [1.165, 1.54) is 32.0 Å². The van der Waals surface area contributed by atoms with Crippen molar-refractivity contribution in [3.05, 3.63) is 76.2 Å². The molecule has 2 aromatic carbocycles. The normalized spacial score (nSPS) is 14.2. The monoisotopic (exact) mass is 476 g/mol. The maximum atomic E-state index is 14.5. The first-order chi connectivity index (χ1) is 14.7. The number of hydrogen-bond donors (Lipinski definition) is 2. The topological polar surface area (TPSA) is 75.3 Å². The molecule has 32 heavy (non-hydrogen) atoms. The lowest BCUT2D eigenvalue weighted by Gasteiger charge is -2.25. The Morgan fingerprint density at radius 1 is 1.09 bits per heavy atom. The third kappa shape index (κ3) is 6.78. The third-order valence-electron chi connectivity index (χ3n) is 4.40. The minimum atomic E-state index is -4.81. The summed E-state index contributed by atoms with van der Waals surface area (Å²) in [6.07, 6.45) is -2.75. The van der Waals surface area contributed by atoms with Gasteiger partial charge in [-0.2, -0.15) is 13.2 Å². The van der Waals surface area contributed by atoms with E-state index in [4.69, 9.17) is 0 Å². The van der Waals surface area contributed by atoms with Gasteiger partial charge in [0.05, 0.1) is 11.3 Å². The summed E-state index contributed by atoms with van der Waals surface area (Å²) < 4.78 is 92.1. The molecule has 5 nitrogen and oxygen atoms in total. The van der Waals surface area contributed by atoms with E-state index in [9.17, 15) is 35.2 Å². The first-order valence-corrected chi connectivity index (χ1v) is 11.2. The molecule has 174 valence electrons. The second-order valence-electron chi connectivity index (χ2n) is 7.21. The minimum Gasteiger partial charge on any atom is -0.368 e. The van der Waals surface area contributed by atoms with Gasteiger partial charge in [-0.15, -0.1) is 0 Å². The van der Waals surface area contributed by atoms with Crippen molar-refractivity contribution in [1.82, 2.24) is 5.32 Å². The number of alkyl halides is 3. The lowest BCUT2D eigenvalue weighted by Crippen LogP contribution is -2.32. The van der Waals surface area contributed by atoms with Crippen molar-refractivity contribution in [2.24, 2.45) is 0 Å². The molecular weight excluding hydrogens is 455 g/mol. The molecule has 11 heteroatoms. The van der Waals surface area contributed by atoms with E-state index in [2.05, 4.69) is 5.32 Å². The van der Waals surface area contributed by atoms with Gasteiger partial charge >= 0.3 is 6.18 Å². The zero-order valence-corrected chi connectivity index (χ0v) is 18.1. The van der Waals surface area contributed by atoms with Gasteiger partial charge in [0.15, 0.2) is 9.84 Å². The molecule has 0 aromatic heterocycles. The van der Waals surface area contributed by atoms with Crippen molar-refractivity contribution in [3.63, 3.8) is 0 Å². The highest BCUT2D eigenvalue weighted by atomic mass is 32.2. The summed E-state index contributed by atoms with van der Waals surface area (Å²) in [4.78, 5) is 12.2. The number of carbonyl (C=O) groups excluding carboxylic acids is 1. The number of hydrogen-bond acceptors (Lipinski definition) is 4. The Balaban J connectivity index is 2.31. The fourth-order valence-electron chi connectivity index (χ4n) is 2.83. The second kappa shape index (κ2) is 9.68. The van der Waals surface area contributed by atoms with Crippen molar-refractivity contribution in [2.75, 3.05) is 11.6 Å². The molecular formula is C21H21F5N2O3S. The van der Waals surface area contributed by atoms with Crippen LogP contribution in [0.3, 0.4) is 0 Å². The Kier molecular flexibility index (Phi) is 7.66. The average molecular weight is 476 g/mol. The first-order valence-electron chi connectivity index (χ1n) is 9.26. The summed E-state index contributed by atoms with van der Waals surface area (Å²) in [5.41, 5.74) is -1.37. The molecule has 0 aliphatic carbocycles. The highest BCUT2D eigenvalue weighted by Gasteiger charge is 2.42. The van der Waals surface area contributed by atoms with Gasteiger partial charge in [-0.3, -0.25) is 4.79 Å². The lowest BCUT2D eigenvalue weighted by molar-refractivity contribution is -0.144. The van der Waals surface area contributed by atoms with Crippen LogP contribution in [0.4, 0.5) is 27.6 Å². The van der Waals surface area contributed by atoms with Gasteiger partial charge in [0.2, 0.25) is 0 Å². The highest BCUT2D eigenvalue weighted by Crippen LogP contribution is 2.37.